The number of carbonyl (C=O) groups excluding carboxylic acids is 1. The van der Waals surface area contributed by atoms with E-state index in [-0.39, 0.29) is 13.0 Å². The highest BCUT2D eigenvalue weighted by molar-refractivity contribution is 5.77. The molecule has 0 fully saturated rings. The molecule has 0 heterocycles. The standard InChI is InChI=1S/C9H14F3NO4/c1-6(8(15)16)2-3-13-7(14)4-17-5-9(10,11)12/h6H,2-5H2,1H3,(H,13,14)(H,15,16). The van der Waals surface area contributed by atoms with Gasteiger partial charge in [0, 0.05) is 6.54 Å². The van der Waals surface area contributed by atoms with Crippen LogP contribution in [0.25, 0.3) is 0 Å². The molecule has 2 N–H and O–H groups in total. The van der Waals surface area contributed by atoms with Crippen LogP contribution < -0.4 is 5.32 Å². The smallest absolute Gasteiger partial charge is 0.411 e. The van der Waals surface area contributed by atoms with E-state index in [9.17, 15) is 22.8 Å². The van der Waals surface area contributed by atoms with E-state index in [1.165, 1.54) is 6.92 Å². The van der Waals surface area contributed by atoms with Crippen molar-refractivity contribution in [3.8, 4) is 0 Å². The van der Waals surface area contributed by atoms with Crippen LogP contribution in [-0.2, 0) is 14.3 Å². The first-order chi connectivity index (χ1) is 7.72. The summed E-state index contributed by atoms with van der Waals surface area (Å²) in [6, 6.07) is 0. The molecule has 0 aliphatic rings. The van der Waals surface area contributed by atoms with Gasteiger partial charge in [0.05, 0.1) is 5.92 Å². The van der Waals surface area contributed by atoms with Gasteiger partial charge in [0.2, 0.25) is 5.91 Å². The van der Waals surface area contributed by atoms with Crippen molar-refractivity contribution in [3.63, 3.8) is 0 Å². The molecule has 0 aromatic rings. The second-order valence-electron chi connectivity index (χ2n) is 3.49. The molecule has 8 heteroatoms. The van der Waals surface area contributed by atoms with E-state index >= 15 is 0 Å². The summed E-state index contributed by atoms with van der Waals surface area (Å²) in [4.78, 5) is 21.3. The maximum absolute atomic E-state index is 11.6. The van der Waals surface area contributed by atoms with Gasteiger partial charge < -0.3 is 15.2 Å². The number of carbonyl (C=O) groups is 2. The molecule has 1 atom stereocenters. The van der Waals surface area contributed by atoms with Gasteiger partial charge in [0.1, 0.15) is 13.2 Å². The number of nitrogens with one attached hydrogen (secondary N) is 1. The van der Waals surface area contributed by atoms with Gasteiger partial charge in [-0.3, -0.25) is 9.59 Å². The fraction of sp³-hybridized carbons (Fsp3) is 0.778. The van der Waals surface area contributed by atoms with Gasteiger partial charge in [-0.25, -0.2) is 0 Å². The van der Waals surface area contributed by atoms with Crippen LogP contribution in [0.3, 0.4) is 0 Å². The predicted molar refractivity (Wildman–Crippen MR) is 51.3 cm³/mol. The quantitative estimate of drug-likeness (QED) is 0.707. The average Bonchev–Trinajstić information content (AvgIpc) is 2.15. The van der Waals surface area contributed by atoms with Crippen molar-refractivity contribution < 1.29 is 32.6 Å². The Balaban J connectivity index is 3.57. The number of alkyl halides is 3. The highest BCUT2D eigenvalue weighted by atomic mass is 19.4. The first kappa shape index (κ1) is 15.7. The van der Waals surface area contributed by atoms with Crippen LogP contribution in [0, 0.1) is 5.92 Å². The number of aliphatic carboxylic acids is 1. The third kappa shape index (κ3) is 9.61. The van der Waals surface area contributed by atoms with Gasteiger partial charge in [0.25, 0.3) is 0 Å². The van der Waals surface area contributed by atoms with Crippen molar-refractivity contribution in [2.24, 2.45) is 5.92 Å². The van der Waals surface area contributed by atoms with Gasteiger partial charge in [-0.15, -0.1) is 0 Å². The molecule has 0 bridgehead atoms. The van der Waals surface area contributed by atoms with E-state index in [4.69, 9.17) is 5.11 Å². The van der Waals surface area contributed by atoms with Gasteiger partial charge in [0.15, 0.2) is 0 Å². The molecule has 0 aromatic heterocycles. The number of amides is 1. The molecule has 0 rings (SSSR count). The average molecular weight is 257 g/mol. The Morgan fingerprint density at radius 2 is 2.00 bits per heavy atom. The minimum absolute atomic E-state index is 0.0850. The van der Waals surface area contributed by atoms with Crippen molar-refractivity contribution >= 4 is 11.9 Å². The number of rotatable bonds is 7. The fourth-order valence-electron chi connectivity index (χ4n) is 0.862. The zero-order valence-corrected chi connectivity index (χ0v) is 9.21. The molecule has 5 nitrogen and oxygen atoms in total. The summed E-state index contributed by atoms with van der Waals surface area (Å²) < 4.78 is 39.0. The Bertz CT molecular complexity index is 267. The minimum Gasteiger partial charge on any atom is -0.481 e. The van der Waals surface area contributed by atoms with Crippen molar-refractivity contribution in [2.75, 3.05) is 19.8 Å². The number of ether oxygens (including phenoxy) is 1. The second kappa shape index (κ2) is 7.10. The zero-order chi connectivity index (χ0) is 13.5. The first-order valence-electron chi connectivity index (χ1n) is 4.86. The normalized spacial score (nSPS) is 13.2. The lowest BCUT2D eigenvalue weighted by Crippen LogP contribution is -2.31. The second-order valence-corrected chi connectivity index (χ2v) is 3.49. The minimum atomic E-state index is -4.46. The Morgan fingerprint density at radius 1 is 1.41 bits per heavy atom. The molecule has 100 valence electrons. The molecule has 0 aromatic carbocycles. The molecule has 0 saturated carbocycles. The molecule has 1 unspecified atom stereocenters. The monoisotopic (exact) mass is 257 g/mol. The molecule has 17 heavy (non-hydrogen) atoms. The van der Waals surface area contributed by atoms with Crippen LogP contribution in [0.4, 0.5) is 13.2 Å². The van der Waals surface area contributed by atoms with E-state index in [0.717, 1.165) is 0 Å². The van der Waals surface area contributed by atoms with Crippen LogP contribution in [0.1, 0.15) is 13.3 Å². The fourth-order valence-corrected chi connectivity index (χ4v) is 0.862. The third-order valence-corrected chi connectivity index (χ3v) is 1.82. The predicted octanol–water partition coefficient (Wildman–Crippen LogP) is 0.792. The summed E-state index contributed by atoms with van der Waals surface area (Å²) in [6.07, 6.45) is -4.25. The molecule has 0 saturated heterocycles. The van der Waals surface area contributed by atoms with Crippen molar-refractivity contribution in [1.29, 1.82) is 0 Å². The summed E-state index contributed by atoms with van der Waals surface area (Å²) in [5.74, 6) is -2.31. The lowest BCUT2D eigenvalue weighted by molar-refractivity contribution is -0.175. The van der Waals surface area contributed by atoms with Gasteiger partial charge >= 0.3 is 12.1 Å². The van der Waals surface area contributed by atoms with E-state index in [1.54, 1.807) is 0 Å². The van der Waals surface area contributed by atoms with Crippen LogP contribution in [0.15, 0.2) is 0 Å². The Labute approximate surface area is 95.9 Å². The summed E-state index contributed by atoms with van der Waals surface area (Å²) in [5.41, 5.74) is 0. The summed E-state index contributed by atoms with van der Waals surface area (Å²) in [6.45, 7) is -0.622. The number of hydrogen-bond donors (Lipinski definition) is 2. The van der Waals surface area contributed by atoms with Crippen molar-refractivity contribution in [3.05, 3.63) is 0 Å². The lowest BCUT2D eigenvalue weighted by atomic mass is 10.1. The largest absolute Gasteiger partial charge is 0.481 e. The van der Waals surface area contributed by atoms with Crippen LogP contribution in [0.5, 0.6) is 0 Å². The Morgan fingerprint density at radius 3 is 2.47 bits per heavy atom. The Kier molecular flexibility index (Phi) is 6.55. The molecule has 0 radical (unpaired) electrons. The lowest BCUT2D eigenvalue weighted by Gasteiger charge is -2.09. The SMILES string of the molecule is CC(CCNC(=O)COCC(F)(F)F)C(=O)O. The summed E-state index contributed by atoms with van der Waals surface area (Å²) in [7, 11) is 0. The van der Waals surface area contributed by atoms with Crippen LogP contribution in [0.2, 0.25) is 0 Å². The van der Waals surface area contributed by atoms with Crippen LogP contribution in [-0.4, -0.2) is 42.9 Å². The van der Waals surface area contributed by atoms with Crippen molar-refractivity contribution in [1.82, 2.24) is 5.32 Å². The van der Waals surface area contributed by atoms with Gasteiger partial charge in [-0.05, 0) is 6.42 Å². The number of halogens is 3. The molecule has 0 aliphatic heterocycles. The van der Waals surface area contributed by atoms with E-state index in [2.05, 4.69) is 10.1 Å². The van der Waals surface area contributed by atoms with E-state index in [0.29, 0.717) is 0 Å². The van der Waals surface area contributed by atoms with Gasteiger partial charge in [-0.1, -0.05) is 6.92 Å². The highest BCUT2D eigenvalue weighted by Gasteiger charge is 2.27. The van der Waals surface area contributed by atoms with Crippen molar-refractivity contribution in [2.45, 2.75) is 19.5 Å². The summed E-state index contributed by atoms with van der Waals surface area (Å²) >= 11 is 0. The number of carboxylic acids is 1. The number of carboxylic acid groups (broad SMARTS) is 1. The maximum Gasteiger partial charge on any atom is 0.411 e. The van der Waals surface area contributed by atoms with E-state index < -0.39 is 37.2 Å². The first-order valence-corrected chi connectivity index (χ1v) is 4.86. The third-order valence-electron chi connectivity index (χ3n) is 1.82. The molecular formula is C9H14F3NO4. The highest BCUT2D eigenvalue weighted by Crippen LogP contribution is 2.13. The molecule has 1 amide bonds. The van der Waals surface area contributed by atoms with E-state index in [1.807, 2.05) is 0 Å². The topological polar surface area (TPSA) is 75.6 Å². The summed E-state index contributed by atoms with van der Waals surface area (Å²) in [5, 5.41) is 10.8. The Hall–Kier alpha value is -1.31. The maximum atomic E-state index is 11.6. The number of hydrogen-bond acceptors (Lipinski definition) is 3. The van der Waals surface area contributed by atoms with Gasteiger partial charge in [-0.2, -0.15) is 13.2 Å². The molecule has 0 spiro atoms. The molecular weight excluding hydrogens is 243 g/mol. The molecule has 0 aliphatic carbocycles. The zero-order valence-electron chi connectivity index (χ0n) is 9.21. The van der Waals surface area contributed by atoms with Crippen LogP contribution >= 0.6 is 0 Å².